The number of aryl methyl sites for hydroxylation is 1. The van der Waals surface area contributed by atoms with E-state index in [9.17, 15) is 8.42 Å². The normalized spacial score (nSPS) is 13.1. The molecule has 152 valence electrons. The molecule has 0 N–H and O–H groups in total. The van der Waals surface area contributed by atoms with E-state index < -0.39 is 15.1 Å². The zero-order valence-corrected chi connectivity index (χ0v) is 17.9. The van der Waals surface area contributed by atoms with E-state index in [-0.39, 0.29) is 0 Å². The number of nitrogens with zero attached hydrogens (tertiary/aromatic N) is 5. The van der Waals surface area contributed by atoms with Gasteiger partial charge in [-0.1, -0.05) is 19.4 Å². The van der Waals surface area contributed by atoms with Crippen LogP contribution in [0, 0.1) is 6.92 Å². The van der Waals surface area contributed by atoms with Crippen molar-refractivity contribution in [2.24, 2.45) is 4.99 Å². The molecule has 29 heavy (non-hydrogen) atoms. The molecule has 0 aliphatic rings. The molecular weight excluding hydrogens is 386 g/mol. The lowest BCUT2D eigenvalue weighted by Gasteiger charge is -2.09. The Morgan fingerprint density at radius 3 is 2.66 bits per heavy atom. The van der Waals surface area contributed by atoms with E-state index >= 15 is 0 Å². The van der Waals surface area contributed by atoms with E-state index in [1.165, 1.54) is 6.26 Å². The average molecular weight is 412 g/mol. The second kappa shape index (κ2) is 8.65. The molecule has 3 aromatic rings. The molecule has 0 aliphatic heterocycles. The first-order chi connectivity index (χ1) is 13.8. The standard InChI is InChI=1S/C21H25N5O2S/c1-5-6-10-23-21-15(2)22-11-9-19(21)18-13-25-26(14-18)20-8-7-17(12-24-20)16(3)29(4,27)28/h7-14,16H,5-6H2,1-4H3/b23-10-. The Kier molecular flexibility index (Phi) is 6.22. The predicted molar refractivity (Wildman–Crippen MR) is 116 cm³/mol. The Morgan fingerprint density at radius 1 is 1.21 bits per heavy atom. The summed E-state index contributed by atoms with van der Waals surface area (Å²) < 4.78 is 25.1. The third kappa shape index (κ3) is 4.76. The molecular formula is C21H25N5O2S. The predicted octanol–water partition coefficient (Wildman–Crippen LogP) is 4.25. The first-order valence-electron chi connectivity index (χ1n) is 9.49. The van der Waals surface area contributed by atoms with Gasteiger partial charge in [0.1, 0.15) is 0 Å². The molecule has 0 amide bonds. The molecule has 1 unspecified atom stereocenters. The summed E-state index contributed by atoms with van der Waals surface area (Å²) in [6.07, 6.45) is 12.1. The summed E-state index contributed by atoms with van der Waals surface area (Å²) in [4.78, 5) is 13.3. The number of sulfone groups is 1. The van der Waals surface area contributed by atoms with E-state index in [4.69, 9.17) is 0 Å². The zero-order valence-electron chi connectivity index (χ0n) is 17.1. The van der Waals surface area contributed by atoms with E-state index in [1.54, 1.807) is 42.3 Å². The molecule has 3 heterocycles. The summed E-state index contributed by atoms with van der Waals surface area (Å²) >= 11 is 0. The summed E-state index contributed by atoms with van der Waals surface area (Å²) in [5, 5.41) is 3.82. The van der Waals surface area contributed by atoms with Gasteiger partial charge in [0.25, 0.3) is 0 Å². The van der Waals surface area contributed by atoms with Crippen molar-refractivity contribution in [2.75, 3.05) is 6.26 Å². The Bertz CT molecular complexity index is 1120. The van der Waals surface area contributed by atoms with Gasteiger partial charge in [0.2, 0.25) is 0 Å². The summed E-state index contributed by atoms with van der Waals surface area (Å²) in [7, 11) is -3.17. The van der Waals surface area contributed by atoms with E-state index in [2.05, 4.69) is 27.0 Å². The minimum atomic E-state index is -3.17. The summed E-state index contributed by atoms with van der Waals surface area (Å²) in [5.41, 5.74) is 4.22. The molecule has 3 rings (SSSR count). The largest absolute Gasteiger partial charge is 0.259 e. The number of rotatable bonds is 7. The van der Waals surface area contributed by atoms with Crippen LogP contribution in [0.15, 0.2) is 48.0 Å². The molecule has 0 aromatic carbocycles. The van der Waals surface area contributed by atoms with Crippen LogP contribution in [0.4, 0.5) is 5.69 Å². The van der Waals surface area contributed by atoms with Crippen LogP contribution < -0.4 is 0 Å². The van der Waals surface area contributed by atoms with Crippen molar-refractivity contribution >= 4 is 21.7 Å². The van der Waals surface area contributed by atoms with Crippen molar-refractivity contribution in [3.63, 3.8) is 0 Å². The van der Waals surface area contributed by atoms with Crippen molar-refractivity contribution in [2.45, 2.75) is 38.9 Å². The number of hydrogen-bond donors (Lipinski definition) is 0. The van der Waals surface area contributed by atoms with Crippen LogP contribution >= 0.6 is 0 Å². The maximum Gasteiger partial charge on any atom is 0.154 e. The molecule has 0 radical (unpaired) electrons. The molecule has 0 saturated carbocycles. The zero-order chi connectivity index (χ0) is 21.0. The quantitative estimate of drug-likeness (QED) is 0.542. The van der Waals surface area contributed by atoms with Gasteiger partial charge in [-0.15, -0.1) is 0 Å². The van der Waals surface area contributed by atoms with Gasteiger partial charge in [0.05, 0.1) is 22.8 Å². The van der Waals surface area contributed by atoms with E-state index in [1.807, 2.05) is 25.4 Å². The summed E-state index contributed by atoms with van der Waals surface area (Å²) in [6.45, 7) is 5.71. The molecule has 3 aromatic heterocycles. The second-order valence-corrected chi connectivity index (χ2v) is 9.35. The van der Waals surface area contributed by atoms with Crippen LogP contribution in [0.5, 0.6) is 0 Å². The van der Waals surface area contributed by atoms with E-state index in [0.29, 0.717) is 11.4 Å². The molecule has 0 aliphatic carbocycles. The van der Waals surface area contributed by atoms with Gasteiger partial charge in [-0.3, -0.25) is 9.98 Å². The van der Waals surface area contributed by atoms with Crippen LogP contribution in [-0.2, 0) is 9.84 Å². The number of hydrogen-bond acceptors (Lipinski definition) is 6. The third-order valence-corrected chi connectivity index (χ3v) is 6.31. The lowest BCUT2D eigenvalue weighted by atomic mass is 10.1. The van der Waals surface area contributed by atoms with Crippen molar-refractivity contribution in [3.8, 4) is 16.9 Å². The van der Waals surface area contributed by atoms with Gasteiger partial charge in [0.15, 0.2) is 15.7 Å². The molecule has 7 nitrogen and oxygen atoms in total. The maximum absolute atomic E-state index is 11.7. The topological polar surface area (TPSA) is 90.1 Å². The van der Waals surface area contributed by atoms with Crippen LogP contribution in [0.2, 0.25) is 0 Å². The third-order valence-electron chi connectivity index (χ3n) is 4.76. The number of aliphatic imine (C=N–C) groups is 1. The van der Waals surface area contributed by atoms with Crippen LogP contribution in [0.1, 0.15) is 43.2 Å². The molecule has 0 saturated heterocycles. The smallest absolute Gasteiger partial charge is 0.154 e. The highest BCUT2D eigenvalue weighted by Crippen LogP contribution is 2.32. The van der Waals surface area contributed by atoms with Crippen LogP contribution in [-0.4, -0.2) is 40.6 Å². The van der Waals surface area contributed by atoms with E-state index in [0.717, 1.165) is 35.3 Å². The summed E-state index contributed by atoms with van der Waals surface area (Å²) in [6, 6.07) is 5.47. The monoisotopic (exact) mass is 411 g/mol. The highest BCUT2D eigenvalue weighted by molar-refractivity contribution is 7.90. The Morgan fingerprint density at radius 2 is 2.00 bits per heavy atom. The fraction of sp³-hybridized carbons (Fsp3) is 0.333. The van der Waals surface area contributed by atoms with Crippen molar-refractivity contribution in [1.29, 1.82) is 0 Å². The molecule has 0 fully saturated rings. The van der Waals surface area contributed by atoms with Gasteiger partial charge < -0.3 is 0 Å². The second-order valence-electron chi connectivity index (χ2n) is 6.99. The first kappa shape index (κ1) is 20.9. The van der Waals surface area contributed by atoms with Crippen molar-refractivity contribution < 1.29 is 8.42 Å². The lowest BCUT2D eigenvalue weighted by molar-refractivity contribution is 0.592. The van der Waals surface area contributed by atoms with Gasteiger partial charge in [0, 0.05) is 42.2 Å². The Labute approximate surface area is 171 Å². The molecule has 1 atom stereocenters. The first-order valence-corrected chi connectivity index (χ1v) is 11.4. The van der Waals surface area contributed by atoms with Crippen LogP contribution in [0.3, 0.4) is 0 Å². The van der Waals surface area contributed by atoms with Gasteiger partial charge >= 0.3 is 0 Å². The number of aromatic nitrogens is 4. The van der Waals surface area contributed by atoms with Gasteiger partial charge in [-0.25, -0.2) is 18.1 Å². The average Bonchev–Trinajstić information content (AvgIpc) is 3.18. The minimum Gasteiger partial charge on any atom is -0.259 e. The number of pyridine rings is 2. The highest BCUT2D eigenvalue weighted by Gasteiger charge is 2.18. The highest BCUT2D eigenvalue weighted by atomic mass is 32.2. The van der Waals surface area contributed by atoms with Gasteiger partial charge in [-0.2, -0.15) is 5.10 Å². The van der Waals surface area contributed by atoms with Crippen molar-refractivity contribution in [3.05, 3.63) is 54.2 Å². The molecule has 0 bridgehead atoms. The molecule has 8 heteroatoms. The SMILES string of the molecule is CCC/C=N\c1c(-c2cnn(-c3ccc(C(C)S(C)(=O)=O)cn3)c2)ccnc1C. The van der Waals surface area contributed by atoms with Gasteiger partial charge in [-0.05, 0) is 38.0 Å². The fourth-order valence-corrected chi connectivity index (χ4v) is 3.48. The molecule has 0 spiro atoms. The van der Waals surface area contributed by atoms with Crippen molar-refractivity contribution in [1.82, 2.24) is 19.7 Å². The summed E-state index contributed by atoms with van der Waals surface area (Å²) in [5.74, 6) is 0.613. The maximum atomic E-state index is 11.7. The lowest BCUT2D eigenvalue weighted by Crippen LogP contribution is -2.08. The minimum absolute atomic E-state index is 0.597. The van der Waals surface area contributed by atoms with Crippen LogP contribution in [0.25, 0.3) is 16.9 Å². The Hall–Kier alpha value is -2.87. The number of unbranched alkanes of at least 4 members (excludes halogenated alkanes) is 1. The fourth-order valence-electron chi connectivity index (χ4n) is 2.85. The Balaban J connectivity index is 1.91.